The van der Waals surface area contributed by atoms with Gasteiger partial charge in [0.1, 0.15) is 5.52 Å². The second-order valence-corrected chi connectivity index (χ2v) is 9.79. The van der Waals surface area contributed by atoms with Crippen molar-refractivity contribution in [2.24, 2.45) is 0 Å². The first-order valence-electron chi connectivity index (χ1n) is 11.3. The van der Waals surface area contributed by atoms with E-state index >= 15 is 0 Å². The molecule has 5 heterocycles. The summed E-state index contributed by atoms with van der Waals surface area (Å²) in [6.45, 7) is 1.11. The fourth-order valence-electron chi connectivity index (χ4n) is 4.23. The van der Waals surface area contributed by atoms with E-state index in [0.29, 0.717) is 0 Å². The van der Waals surface area contributed by atoms with Gasteiger partial charge in [-0.05, 0) is 53.1 Å². The number of rotatable bonds is 0. The average Bonchev–Trinajstić information content (AvgIpc) is 3.70. The van der Waals surface area contributed by atoms with Gasteiger partial charge in [0.25, 0.3) is 0 Å². The number of para-hydroxylation sites is 3. The minimum atomic E-state index is 0.949. The topological polar surface area (TPSA) is 63.6 Å². The molecule has 0 spiro atoms. The lowest BCUT2D eigenvalue weighted by molar-refractivity contribution is 1.11. The summed E-state index contributed by atoms with van der Waals surface area (Å²) in [6.07, 6.45) is 8.11. The fourth-order valence-corrected chi connectivity index (χ4v) is 6.12. The molecule has 0 amide bonds. The van der Waals surface area contributed by atoms with E-state index in [0.717, 1.165) is 28.6 Å². The minimum absolute atomic E-state index is 0.949. The Bertz CT molecular complexity index is 1600. The van der Waals surface area contributed by atoms with Crippen LogP contribution in [0, 0.1) is 0 Å². The van der Waals surface area contributed by atoms with Crippen LogP contribution in [0.2, 0.25) is 0 Å². The summed E-state index contributed by atoms with van der Waals surface area (Å²) in [5, 5.41) is 10.1. The summed E-state index contributed by atoms with van der Waals surface area (Å²) in [7, 11) is 0. The molecule has 1 N–H and O–H groups in total. The molecule has 4 aromatic heterocycles. The molecule has 0 radical (unpaired) electrons. The first-order valence-corrected chi connectivity index (χ1v) is 13.1. The molecule has 1 aliphatic rings. The normalized spacial score (nSPS) is 12.0. The number of nitrogens with zero attached hydrogens (tertiary/aromatic N) is 4. The third-order valence-corrected chi connectivity index (χ3v) is 7.72. The fraction of sp³-hybridized carbons (Fsp3) is 0.0714. The van der Waals surface area contributed by atoms with Gasteiger partial charge in [-0.1, -0.05) is 30.3 Å². The predicted molar refractivity (Wildman–Crippen MR) is 148 cm³/mol. The first-order chi connectivity index (χ1) is 17.4. The van der Waals surface area contributed by atoms with Crippen LogP contribution in [-0.4, -0.2) is 26.5 Å². The molecule has 0 atom stereocenters. The van der Waals surface area contributed by atoms with Gasteiger partial charge in [0.2, 0.25) is 0 Å². The molecule has 7 aromatic rings. The number of fused-ring (bicyclic) bond motifs is 8. The van der Waals surface area contributed by atoms with Gasteiger partial charge in [0.05, 0.1) is 21.3 Å². The van der Waals surface area contributed by atoms with Crippen LogP contribution in [0.3, 0.4) is 0 Å². The maximum Gasteiger partial charge on any atom is 0.107 e. The largest absolute Gasteiger partial charge is 0.384 e. The zero-order valence-corrected chi connectivity index (χ0v) is 20.4. The van der Waals surface area contributed by atoms with E-state index in [9.17, 15) is 0 Å². The molecule has 8 rings (SSSR count). The first kappa shape index (κ1) is 21.6. The Kier molecular flexibility index (Phi) is 6.00. The van der Waals surface area contributed by atoms with E-state index in [-0.39, 0.29) is 0 Å². The Hall–Kier alpha value is -3.94. The van der Waals surface area contributed by atoms with Crippen LogP contribution in [0.15, 0.2) is 96.2 Å². The average molecular weight is 492 g/mol. The Morgan fingerprint density at radius 3 is 2.00 bits per heavy atom. The molecule has 5 nitrogen and oxygen atoms in total. The predicted octanol–water partition coefficient (Wildman–Crippen LogP) is 7.34. The third kappa shape index (κ3) is 4.32. The molecular weight excluding hydrogens is 470 g/mol. The molecular formula is C28H21N5S2. The molecule has 0 saturated carbocycles. The number of hydrogen-bond donors (Lipinski definition) is 1. The lowest BCUT2D eigenvalue weighted by Crippen LogP contribution is -1.90. The monoisotopic (exact) mass is 491 g/mol. The molecule has 0 saturated heterocycles. The highest BCUT2D eigenvalue weighted by Crippen LogP contribution is 2.38. The Labute approximate surface area is 210 Å². The van der Waals surface area contributed by atoms with Crippen LogP contribution < -0.4 is 5.32 Å². The van der Waals surface area contributed by atoms with E-state index in [1.54, 1.807) is 47.5 Å². The third-order valence-electron chi connectivity index (χ3n) is 5.85. The summed E-state index contributed by atoms with van der Waals surface area (Å²) in [5.74, 6) is 0. The summed E-state index contributed by atoms with van der Waals surface area (Å²) in [6, 6.07) is 20.6. The summed E-state index contributed by atoms with van der Waals surface area (Å²) < 4.78 is 2.57. The van der Waals surface area contributed by atoms with Gasteiger partial charge >= 0.3 is 0 Å². The van der Waals surface area contributed by atoms with Crippen molar-refractivity contribution in [3.05, 3.63) is 102 Å². The number of benzene rings is 3. The van der Waals surface area contributed by atoms with E-state index < -0.39 is 0 Å². The molecule has 7 heteroatoms. The van der Waals surface area contributed by atoms with Crippen LogP contribution in [0.1, 0.15) is 5.56 Å². The quantitative estimate of drug-likeness (QED) is 0.240. The van der Waals surface area contributed by atoms with Gasteiger partial charge in [0.15, 0.2) is 0 Å². The lowest BCUT2D eigenvalue weighted by atomic mass is 10.1. The van der Waals surface area contributed by atoms with Gasteiger partial charge in [-0.2, -0.15) is 0 Å². The van der Waals surface area contributed by atoms with Crippen LogP contribution in [0.5, 0.6) is 0 Å². The van der Waals surface area contributed by atoms with Crippen LogP contribution in [0.4, 0.5) is 5.69 Å². The zero-order valence-electron chi connectivity index (χ0n) is 18.8. The number of nitrogens with one attached hydrogen (secondary N) is 1. The Balaban J connectivity index is 0.000000104. The van der Waals surface area contributed by atoms with Gasteiger partial charge < -0.3 is 5.32 Å². The van der Waals surface area contributed by atoms with Crippen LogP contribution in [-0.2, 0) is 6.42 Å². The molecule has 170 valence electrons. The molecule has 35 heavy (non-hydrogen) atoms. The lowest BCUT2D eigenvalue weighted by Gasteiger charge is -2.00. The molecule has 0 fully saturated rings. The number of hydrogen-bond acceptors (Lipinski definition) is 7. The van der Waals surface area contributed by atoms with Crippen molar-refractivity contribution in [3.8, 4) is 0 Å². The summed E-state index contributed by atoms with van der Waals surface area (Å²) in [5.41, 5.74) is 6.72. The maximum atomic E-state index is 4.46. The number of anilines is 1. The van der Waals surface area contributed by atoms with Crippen molar-refractivity contribution in [1.29, 1.82) is 0 Å². The minimum Gasteiger partial charge on any atom is -0.384 e. The highest BCUT2D eigenvalue weighted by atomic mass is 32.1. The zero-order chi connectivity index (χ0) is 23.5. The molecule has 0 bridgehead atoms. The smallest absolute Gasteiger partial charge is 0.107 e. The van der Waals surface area contributed by atoms with E-state index in [1.165, 1.54) is 37.8 Å². The van der Waals surface area contributed by atoms with Crippen molar-refractivity contribution in [1.82, 2.24) is 19.9 Å². The second kappa shape index (κ2) is 9.74. The van der Waals surface area contributed by atoms with Gasteiger partial charge in [-0.15, -0.1) is 22.7 Å². The molecule has 0 unspecified atom stereocenters. The Morgan fingerprint density at radius 2 is 1.23 bits per heavy atom. The van der Waals surface area contributed by atoms with Crippen molar-refractivity contribution in [3.63, 3.8) is 0 Å². The SMILES string of the molecule is c1ccc2c(c1)CCN2.c1ccc2nccnc2c1.c1cnc2c(n1)c1ccsc1c1ccsc12. The van der Waals surface area contributed by atoms with Gasteiger partial charge in [0, 0.05) is 52.5 Å². The molecule has 0 aliphatic carbocycles. The summed E-state index contributed by atoms with van der Waals surface area (Å²) in [4.78, 5) is 17.2. The highest BCUT2D eigenvalue weighted by Gasteiger charge is 2.11. The maximum absolute atomic E-state index is 4.46. The standard InChI is InChI=1S/C12H6N2S2.C8H6N2.C8H9N/c1-5-15-11-7(1)9-10(14-4-3-13-9)12-8(11)2-6-16-12;1-2-4-8-7(3-1)9-5-6-10-8;1-2-4-8-7(3-1)5-6-9-8/h1-6H;1-6H;1-4,9H,5-6H2. The van der Waals surface area contributed by atoms with Crippen molar-refractivity contribution in [2.75, 3.05) is 11.9 Å². The van der Waals surface area contributed by atoms with E-state index in [2.05, 4.69) is 72.4 Å². The number of thiophene rings is 2. The van der Waals surface area contributed by atoms with Crippen LogP contribution in [0.25, 0.3) is 42.2 Å². The van der Waals surface area contributed by atoms with Gasteiger partial charge in [-0.25, -0.2) is 0 Å². The summed E-state index contributed by atoms with van der Waals surface area (Å²) >= 11 is 3.51. The van der Waals surface area contributed by atoms with Crippen molar-refractivity contribution >= 4 is 70.6 Å². The van der Waals surface area contributed by atoms with E-state index in [4.69, 9.17) is 0 Å². The molecule has 3 aromatic carbocycles. The highest BCUT2D eigenvalue weighted by molar-refractivity contribution is 7.21. The Morgan fingerprint density at radius 1 is 0.600 bits per heavy atom. The second-order valence-electron chi connectivity index (χ2n) is 7.96. The van der Waals surface area contributed by atoms with E-state index in [1.807, 2.05) is 24.3 Å². The van der Waals surface area contributed by atoms with Crippen molar-refractivity contribution < 1.29 is 0 Å². The van der Waals surface area contributed by atoms with Crippen molar-refractivity contribution in [2.45, 2.75) is 6.42 Å². The molecule has 1 aliphatic heterocycles. The van der Waals surface area contributed by atoms with Crippen LogP contribution >= 0.6 is 22.7 Å². The number of aromatic nitrogens is 4. The van der Waals surface area contributed by atoms with Gasteiger partial charge in [-0.3, -0.25) is 19.9 Å².